The number of aromatic nitrogens is 2. The van der Waals surface area contributed by atoms with Gasteiger partial charge in [0, 0.05) is 38.1 Å². The van der Waals surface area contributed by atoms with Gasteiger partial charge in [-0.2, -0.15) is 5.10 Å². The Morgan fingerprint density at radius 3 is 2.58 bits per heavy atom. The monoisotopic (exact) mass is 328 g/mol. The van der Waals surface area contributed by atoms with E-state index in [1.165, 1.54) is 4.68 Å². The van der Waals surface area contributed by atoms with Crippen molar-refractivity contribution in [3.05, 3.63) is 40.8 Å². The van der Waals surface area contributed by atoms with Crippen molar-refractivity contribution in [1.82, 2.24) is 19.6 Å². The van der Waals surface area contributed by atoms with Gasteiger partial charge in [0.05, 0.1) is 11.6 Å². The number of carbonyl (C=O) groups excluding carboxylic acids is 1. The Bertz CT molecular complexity index is 776. The highest BCUT2D eigenvalue weighted by Crippen LogP contribution is 2.08. The molecule has 0 bridgehead atoms. The molecule has 1 aromatic heterocycles. The number of hydrogen-bond acceptors (Lipinski definition) is 4. The van der Waals surface area contributed by atoms with E-state index in [1.54, 1.807) is 12.3 Å². The highest BCUT2D eigenvalue weighted by molar-refractivity contribution is 5.81. The number of nitrogens with zero attached hydrogens (tertiary/aromatic N) is 4. The normalized spacial score (nSPS) is 16.0. The quantitative estimate of drug-likeness (QED) is 0.846. The maximum absolute atomic E-state index is 12.5. The smallest absolute Gasteiger partial charge is 0.275 e. The van der Waals surface area contributed by atoms with Gasteiger partial charge in [-0.15, -0.1) is 0 Å². The van der Waals surface area contributed by atoms with Crippen LogP contribution in [0.5, 0.6) is 0 Å². The van der Waals surface area contributed by atoms with Crippen LogP contribution in [0.1, 0.15) is 13.8 Å². The first kappa shape index (κ1) is 16.6. The average Bonchev–Trinajstić information content (AvgIpc) is 2.57. The van der Waals surface area contributed by atoms with Crippen LogP contribution < -0.4 is 5.56 Å². The third-order valence-electron chi connectivity index (χ3n) is 4.40. The molecular formula is C18H24N4O2. The zero-order valence-corrected chi connectivity index (χ0v) is 14.3. The zero-order chi connectivity index (χ0) is 17.1. The molecule has 24 heavy (non-hydrogen) atoms. The van der Waals surface area contributed by atoms with Crippen molar-refractivity contribution >= 4 is 16.7 Å². The molecule has 0 spiro atoms. The van der Waals surface area contributed by atoms with E-state index < -0.39 is 0 Å². The number of amides is 1. The highest BCUT2D eigenvalue weighted by atomic mass is 16.2. The summed E-state index contributed by atoms with van der Waals surface area (Å²) in [7, 11) is 0. The zero-order valence-electron chi connectivity index (χ0n) is 14.3. The highest BCUT2D eigenvalue weighted by Gasteiger charge is 2.22. The first-order valence-electron chi connectivity index (χ1n) is 8.49. The van der Waals surface area contributed by atoms with Crippen LogP contribution >= 0.6 is 0 Å². The largest absolute Gasteiger partial charge is 0.339 e. The molecule has 128 valence electrons. The molecule has 0 unspecified atom stereocenters. The minimum Gasteiger partial charge on any atom is -0.339 e. The number of rotatable bonds is 4. The Morgan fingerprint density at radius 2 is 1.88 bits per heavy atom. The second-order valence-electron chi connectivity index (χ2n) is 6.77. The Hall–Kier alpha value is -2.21. The van der Waals surface area contributed by atoms with Crippen LogP contribution in [0.2, 0.25) is 0 Å². The van der Waals surface area contributed by atoms with E-state index in [-0.39, 0.29) is 18.0 Å². The predicted molar refractivity (Wildman–Crippen MR) is 93.9 cm³/mol. The molecule has 6 heteroatoms. The van der Waals surface area contributed by atoms with E-state index in [4.69, 9.17) is 0 Å². The van der Waals surface area contributed by atoms with Crippen molar-refractivity contribution in [2.24, 2.45) is 5.92 Å². The number of benzene rings is 1. The third kappa shape index (κ3) is 3.64. The van der Waals surface area contributed by atoms with Crippen molar-refractivity contribution in [3.63, 3.8) is 0 Å². The third-order valence-corrected chi connectivity index (χ3v) is 4.40. The lowest BCUT2D eigenvalue weighted by Gasteiger charge is -2.35. The van der Waals surface area contributed by atoms with Crippen LogP contribution in [0.25, 0.3) is 10.8 Å². The Kier molecular flexibility index (Phi) is 4.94. The molecule has 1 aromatic carbocycles. The second-order valence-corrected chi connectivity index (χ2v) is 6.77. The fourth-order valence-corrected chi connectivity index (χ4v) is 3.16. The van der Waals surface area contributed by atoms with E-state index in [0.717, 1.165) is 25.0 Å². The van der Waals surface area contributed by atoms with E-state index in [0.29, 0.717) is 24.4 Å². The Balaban J connectivity index is 1.66. The Morgan fingerprint density at radius 1 is 1.17 bits per heavy atom. The molecule has 1 aliphatic rings. The van der Waals surface area contributed by atoms with Gasteiger partial charge in [0.1, 0.15) is 6.54 Å². The predicted octanol–water partition coefficient (Wildman–Crippen LogP) is 1.20. The minimum absolute atomic E-state index is 0.00779. The van der Waals surface area contributed by atoms with Crippen LogP contribution in [0, 0.1) is 5.92 Å². The molecule has 2 aromatic rings. The van der Waals surface area contributed by atoms with Crippen molar-refractivity contribution in [3.8, 4) is 0 Å². The van der Waals surface area contributed by atoms with Gasteiger partial charge in [-0.3, -0.25) is 14.5 Å². The van der Waals surface area contributed by atoms with Gasteiger partial charge in [0.25, 0.3) is 5.56 Å². The van der Waals surface area contributed by atoms with Crippen LogP contribution in [0.4, 0.5) is 0 Å². The van der Waals surface area contributed by atoms with Gasteiger partial charge in [0.2, 0.25) is 5.91 Å². The molecule has 3 rings (SSSR count). The van der Waals surface area contributed by atoms with Crippen LogP contribution in [0.15, 0.2) is 35.3 Å². The first-order valence-corrected chi connectivity index (χ1v) is 8.49. The topological polar surface area (TPSA) is 58.4 Å². The molecule has 0 radical (unpaired) electrons. The number of carbonyl (C=O) groups is 1. The summed E-state index contributed by atoms with van der Waals surface area (Å²) < 4.78 is 1.27. The van der Waals surface area contributed by atoms with Gasteiger partial charge < -0.3 is 4.90 Å². The van der Waals surface area contributed by atoms with E-state index in [2.05, 4.69) is 23.8 Å². The molecule has 2 heterocycles. The summed E-state index contributed by atoms with van der Waals surface area (Å²) >= 11 is 0. The van der Waals surface area contributed by atoms with E-state index in [1.807, 2.05) is 23.1 Å². The van der Waals surface area contributed by atoms with Crippen LogP contribution in [-0.2, 0) is 11.3 Å². The summed E-state index contributed by atoms with van der Waals surface area (Å²) in [6.07, 6.45) is 1.64. The number of hydrogen-bond donors (Lipinski definition) is 0. The molecule has 0 atom stereocenters. The Labute approximate surface area is 141 Å². The second kappa shape index (κ2) is 7.13. The van der Waals surface area contributed by atoms with Crippen molar-refractivity contribution < 1.29 is 4.79 Å². The summed E-state index contributed by atoms with van der Waals surface area (Å²) in [4.78, 5) is 29.2. The SMILES string of the molecule is CC(C)CN1CCN(C(=O)Cn2ncc3ccccc3c2=O)CC1. The van der Waals surface area contributed by atoms with Crippen LogP contribution in [0.3, 0.4) is 0 Å². The molecular weight excluding hydrogens is 304 g/mol. The van der Waals surface area contributed by atoms with Gasteiger partial charge >= 0.3 is 0 Å². The van der Waals surface area contributed by atoms with Gasteiger partial charge in [-0.25, -0.2) is 4.68 Å². The minimum atomic E-state index is -0.208. The summed E-state index contributed by atoms with van der Waals surface area (Å²) in [5.74, 6) is 0.594. The van der Waals surface area contributed by atoms with Crippen molar-refractivity contribution in [2.75, 3.05) is 32.7 Å². The molecule has 1 saturated heterocycles. The van der Waals surface area contributed by atoms with Gasteiger partial charge in [-0.1, -0.05) is 32.0 Å². The first-order chi connectivity index (χ1) is 11.5. The fourth-order valence-electron chi connectivity index (χ4n) is 3.16. The molecule has 0 N–H and O–H groups in total. The van der Waals surface area contributed by atoms with Gasteiger partial charge in [0.15, 0.2) is 0 Å². The number of fused-ring (bicyclic) bond motifs is 1. The lowest BCUT2D eigenvalue weighted by Crippen LogP contribution is -2.50. The fraction of sp³-hybridized carbons (Fsp3) is 0.500. The van der Waals surface area contributed by atoms with Crippen molar-refractivity contribution in [2.45, 2.75) is 20.4 Å². The molecule has 6 nitrogen and oxygen atoms in total. The average molecular weight is 328 g/mol. The summed E-state index contributed by atoms with van der Waals surface area (Å²) in [5, 5.41) is 5.54. The molecule has 1 amide bonds. The number of piperazine rings is 1. The van der Waals surface area contributed by atoms with Crippen LogP contribution in [-0.4, -0.2) is 58.2 Å². The summed E-state index contributed by atoms with van der Waals surface area (Å²) in [5.41, 5.74) is -0.208. The van der Waals surface area contributed by atoms with Crippen molar-refractivity contribution in [1.29, 1.82) is 0 Å². The maximum Gasteiger partial charge on any atom is 0.275 e. The molecule has 1 fully saturated rings. The standard InChI is InChI=1S/C18H24N4O2/c1-14(2)12-20-7-9-21(10-8-20)17(23)13-22-18(24)16-6-4-3-5-15(16)11-19-22/h3-6,11,14H,7-10,12-13H2,1-2H3. The summed E-state index contributed by atoms with van der Waals surface area (Å²) in [6.45, 7) is 8.70. The lowest BCUT2D eigenvalue weighted by atomic mass is 10.2. The summed E-state index contributed by atoms with van der Waals surface area (Å²) in [6, 6.07) is 7.31. The molecule has 0 aliphatic carbocycles. The lowest BCUT2D eigenvalue weighted by molar-refractivity contribution is -0.133. The van der Waals surface area contributed by atoms with Gasteiger partial charge in [-0.05, 0) is 12.0 Å². The maximum atomic E-state index is 12.5. The van der Waals surface area contributed by atoms with E-state index >= 15 is 0 Å². The van der Waals surface area contributed by atoms with E-state index in [9.17, 15) is 9.59 Å². The molecule has 1 aliphatic heterocycles. The molecule has 0 saturated carbocycles.